The van der Waals surface area contributed by atoms with Gasteiger partial charge in [-0.2, -0.15) is 0 Å². The first kappa shape index (κ1) is 21.4. The number of rotatable bonds is 4. The van der Waals surface area contributed by atoms with E-state index >= 15 is 0 Å². The molecule has 152 valence electrons. The molecule has 1 aromatic carbocycles. The van der Waals surface area contributed by atoms with Crippen molar-refractivity contribution in [3.63, 3.8) is 0 Å². The van der Waals surface area contributed by atoms with Crippen molar-refractivity contribution in [2.24, 2.45) is 5.41 Å². The monoisotopic (exact) mass is 401 g/mol. The minimum absolute atomic E-state index is 0.131. The number of H-pyrrole nitrogens is 1. The first-order chi connectivity index (χ1) is 12.8. The largest absolute Gasteiger partial charge is 0.573 e. The van der Waals surface area contributed by atoms with E-state index in [0.717, 1.165) is 18.2 Å². The van der Waals surface area contributed by atoms with Gasteiger partial charge in [0.2, 0.25) is 0 Å². The predicted molar refractivity (Wildman–Crippen MR) is 92.3 cm³/mol. The third-order valence-electron chi connectivity index (χ3n) is 3.75. The summed E-state index contributed by atoms with van der Waals surface area (Å²) in [6, 6.07) is 3.18. The normalized spacial score (nSPS) is 13.1. The molecule has 2 aromatic rings. The Hall–Kier alpha value is -2.91. The highest BCUT2D eigenvalue weighted by atomic mass is 19.4. The lowest BCUT2D eigenvalue weighted by Crippen LogP contribution is -2.37. The van der Waals surface area contributed by atoms with Crippen LogP contribution in [0.25, 0.3) is 0 Å². The van der Waals surface area contributed by atoms with E-state index in [1.165, 1.54) is 13.0 Å². The van der Waals surface area contributed by atoms with Gasteiger partial charge in [-0.05, 0) is 30.0 Å². The summed E-state index contributed by atoms with van der Waals surface area (Å²) in [5.74, 6) is -2.62. The first-order valence-electron chi connectivity index (χ1n) is 8.20. The van der Waals surface area contributed by atoms with Crippen molar-refractivity contribution >= 4 is 5.91 Å². The number of aryl methyl sites for hydroxylation is 1. The fourth-order valence-corrected chi connectivity index (χ4v) is 2.60. The molecule has 28 heavy (non-hydrogen) atoms. The van der Waals surface area contributed by atoms with Crippen molar-refractivity contribution in [2.45, 2.75) is 40.1 Å². The minimum Gasteiger partial charge on any atom is -0.403 e. The van der Waals surface area contributed by atoms with Gasteiger partial charge in [0.15, 0.2) is 11.6 Å². The van der Waals surface area contributed by atoms with Crippen molar-refractivity contribution in [3.8, 4) is 5.75 Å². The summed E-state index contributed by atoms with van der Waals surface area (Å²) in [5, 5.41) is 2.66. The van der Waals surface area contributed by atoms with Crippen LogP contribution in [-0.2, 0) is 0 Å². The second-order valence-corrected chi connectivity index (χ2v) is 7.23. The highest BCUT2D eigenvalue weighted by Crippen LogP contribution is 2.35. The number of aromatic amines is 1. The summed E-state index contributed by atoms with van der Waals surface area (Å²) in [6.07, 6.45) is -5.02. The molecule has 0 saturated carbocycles. The van der Waals surface area contributed by atoms with Gasteiger partial charge in [-0.3, -0.25) is 9.59 Å². The van der Waals surface area contributed by atoms with Gasteiger partial charge in [0, 0.05) is 6.07 Å². The molecule has 0 spiro atoms. The fourth-order valence-electron chi connectivity index (χ4n) is 2.60. The molecular formula is C18H19F4N3O3. The Bertz CT molecular complexity index is 933. The summed E-state index contributed by atoms with van der Waals surface area (Å²) in [4.78, 5) is 30.4. The summed E-state index contributed by atoms with van der Waals surface area (Å²) in [6.45, 7) is 6.78. The van der Waals surface area contributed by atoms with Crippen LogP contribution in [0.5, 0.6) is 5.75 Å². The van der Waals surface area contributed by atoms with Crippen molar-refractivity contribution < 1.29 is 27.1 Å². The number of aromatic nitrogens is 2. The van der Waals surface area contributed by atoms with Crippen LogP contribution >= 0.6 is 0 Å². The van der Waals surface area contributed by atoms with Crippen LogP contribution in [-0.4, -0.2) is 22.2 Å². The number of carbonyl (C=O) groups is 1. The number of hydrogen-bond donors (Lipinski definition) is 2. The third-order valence-corrected chi connectivity index (χ3v) is 3.75. The van der Waals surface area contributed by atoms with Crippen LogP contribution in [0, 0.1) is 18.2 Å². The van der Waals surface area contributed by atoms with E-state index in [1.807, 2.05) is 0 Å². The molecule has 0 fully saturated rings. The Morgan fingerprint density at radius 2 is 1.86 bits per heavy atom. The second kappa shape index (κ2) is 7.61. The van der Waals surface area contributed by atoms with Gasteiger partial charge in [-0.15, -0.1) is 13.2 Å². The summed E-state index contributed by atoms with van der Waals surface area (Å²) in [7, 11) is 0. The zero-order valence-corrected chi connectivity index (χ0v) is 15.6. The molecule has 0 aliphatic rings. The molecule has 2 rings (SSSR count). The minimum atomic E-state index is -5.02. The standard InChI is InChI=1S/C18H19F4N3O3/c1-9-23-12(8-14(26)24-9)16(27)25-15(17(2,3)4)10-5-6-13(11(19)7-10)28-18(20,21)22/h5-8,15H,1-4H3,(H,25,27)(H,23,24,26). The van der Waals surface area contributed by atoms with E-state index in [-0.39, 0.29) is 17.1 Å². The van der Waals surface area contributed by atoms with Crippen LogP contribution in [0.15, 0.2) is 29.1 Å². The molecule has 0 aliphatic carbocycles. The van der Waals surface area contributed by atoms with E-state index in [4.69, 9.17) is 0 Å². The van der Waals surface area contributed by atoms with E-state index < -0.39 is 40.9 Å². The van der Waals surface area contributed by atoms with Crippen LogP contribution in [0.4, 0.5) is 17.6 Å². The van der Waals surface area contributed by atoms with E-state index in [1.54, 1.807) is 20.8 Å². The van der Waals surface area contributed by atoms with Gasteiger partial charge in [-0.1, -0.05) is 26.8 Å². The average molecular weight is 401 g/mol. The number of nitrogens with zero attached hydrogens (tertiary/aromatic N) is 1. The molecule has 10 heteroatoms. The second-order valence-electron chi connectivity index (χ2n) is 7.23. The highest BCUT2D eigenvalue weighted by Gasteiger charge is 2.34. The smallest absolute Gasteiger partial charge is 0.403 e. The maximum absolute atomic E-state index is 14.1. The summed E-state index contributed by atoms with van der Waals surface area (Å²) < 4.78 is 54.7. The Morgan fingerprint density at radius 3 is 2.36 bits per heavy atom. The Morgan fingerprint density at radius 1 is 1.21 bits per heavy atom. The van der Waals surface area contributed by atoms with Crippen molar-refractivity contribution in [2.75, 3.05) is 0 Å². The van der Waals surface area contributed by atoms with Gasteiger partial charge in [-0.25, -0.2) is 9.37 Å². The summed E-state index contributed by atoms with van der Waals surface area (Å²) in [5.41, 5.74) is -1.04. The topological polar surface area (TPSA) is 84.1 Å². The Kier molecular flexibility index (Phi) is 5.81. The lowest BCUT2D eigenvalue weighted by atomic mass is 9.82. The van der Waals surface area contributed by atoms with Gasteiger partial charge >= 0.3 is 6.36 Å². The van der Waals surface area contributed by atoms with Crippen LogP contribution < -0.4 is 15.6 Å². The Balaban J connectivity index is 2.35. The highest BCUT2D eigenvalue weighted by molar-refractivity contribution is 5.92. The lowest BCUT2D eigenvalue weighted by molar-refractivity contribution is -0.275. The van der Waals surface area contributed by atoms with Crippen LogP contribution in [0.1, 0.15) is 48.7 Å². The molecule has 0 bridgehead atoms. The first-order valence-corrected chi connectivity index (χ1v) is 8.20. The molecular weight excluding hydrogens is 382 g/mol. The van der Waals surface area contributed by atoms with Crippen LogP contribution in [0.3, 0.4) is 0 Å². The number of nitrogens with one attached hydrogen (secondary N) is 2. The number of ether oxygens (including phenoxy) is 1. The number of amides is 1. The zero-order chi connectivity index (χ0) is 21.3. The molecule has 1 atom stereocenters. The maximum atomic E-state index is 14.1. The number of alkyl halides is 3. The van der Waals surface area contributed by atoms with E-state index in [9.17, 15) is 27.2 Å². The van der Waals surface area contributed by atoms with E-state index in [0.29, 0.717) is 0 Å². The summed E-state index contributed by atoms with van der Waals surface area (Å²) >= 11 is 0. The van der Waals surface area contributed by atoms with Gasteiger partial charge in [0.25, 0.3) is 11.5 Å². The quantitative estimate of drug-likeness (QED) is 0.767. The molecule has 0 radical (unpaired) electrons. The molecule has 0 saturated heterocycles. The number of halogens is 4. The predicted octanol–water partition coefficient (Wildman–Crippen LogP) is 3.63. The van der Waals surface area contributed by atoms with Crippen molar-refractivity contribution in [3.05, 3.63) is 57.5 Å². The molecule has 2 N–H and O–H groups in total. The van der Waals surface area contributed by atoms with E-state index in [2.05, 4.69) is 20.0 Å². The maximum Gasteiger partial charge on any atom is 0.573 e. The van der Waals surface area contributed by atoms with Crippen molar-refractivity contribution in [1.82, 2.24) is 15.3 Å². The average Bonchev–Trinajstić information content (AvgIpc) is 2.51. The Labute approximate surface area is 157 Å². The van der Waals surface area contributed by atoms with Gasteiger partial charge < -0.3 is 15.0 Å². The van der Waals surface area contributed by atoms with Gasteiger partial charge in [0.05, 0.1) is 6.04 Å². The molecule has 6 nitrogen and oxygen atoms in total. The number of benzene rings is 1. The molecule has 1 unspecified atom stereocenters. The van der Waals surface area contributed by atoms with Crippen LogP contribution in [0.2, 0.25) is 0 Å². The third kappa shape index (κ3) is 5.54. The lowest BCUT2D eigenvalue weighted by Gasteiger charge is -2.32. The number of carbonyl (C=O) groups excluding carboxylic acids is 1. The molecule has 1 amide bonds. The SMILES string of the molecule is Cc1nc(C(=O)NC(c2ccc(OC(F)(F)F)c(F)c2)C(C)(C)C)cc(=O)[nH]1. The zero-order valence-electron chi connectivity index (χ0n) is 15.6. The molecule has 1 heterocycles. The molecule has 1 aromatic heterocycles. The van der Waals surface area contributed by atoms with Crippen molar-refractivity contribution in [1.29, 1.82) is 0 Å². The van der Waals surface area contributed by atoms with Gasteiger partial charge in [0.1, 0.15) is 11.5 Å². The number of hydrogen-bond acceptors (Lipinski definition) is 4. The fraction of sp³-hybridized carbons (Fsp3) is 0.389. The molecule has 0 aliphatic heterocycles.